The zero-order valence-corrected chi connectivity index (χ0v) is 15.6. The number of piperazine rings is 1. The van der Waals surface area contributed by atoms with E-state index >= 15 is 0 Å². The first-order valence-corrected chi connectivity index (χ1v) is 8.81. The molecule has 138 valence electrons. The summed E-state index contributed by atoms with van der Waals surface area (Å²) in [6, 6.07) is 7.14. The van der Waals surface area contributed by atoms with Crippen LogP contribution in [0.25, 0.3) is 0 Å². The first kappa shape index (κ1) is 19.4. The lowest BCUT2D eigenvalue weighted by atomic mass is 9.87. The molecule has 1 amide bonds. The third kappa shape index (κ3) is 4.58. The number of amides is 1. The van der Waals surface area contributed by atoms with Crippen molar-refractivity contribution in [3.05, 3.63) is 29.8 Å². The lowest BCUT2D eigenvalue weighted by Crippen LogP contribution is -2.47. The monoisotopic (exact) mass is 347 g/mol. The van der Waals surface area contributed by atoms with Crippen LogP contribution in [0.4, 0.5) is 0 Å². The molecule has 0 aromatic heterocycles. The molecular weight excluding hydrogens is 318 g/mol. The van der Waals surface area contributed by atoms with E-state index in [0.29, 0.717) is 17.7 Å². The Labute approximate surface area is 150 Å². The highest BCUT2D eigenvalue weighted by Gasteiger charge is 2.33. The van der Waals surface area contributed by atoms with Crippen molar-refractivity contribution in [2.24, 2.45) is 5.41 Å². The van der Waals surface area contributed by atoms with Gasteiger partial charge in [0.05, 0.1) is 5.41 Å². The standard InChI is InChI=1S/C19H29N3O3/c1-5-19(2,14-23)18(20-3)25-16-8-6-15(7-9-16)17(24)22-12-10-21(4)11-13-22/h6-9,14,18,20H,5,10-13H2,1-4H3. The van der Waals surface area contributed by atoms with Gasteiger partial charge in [0, 0.05) is 31.7 Å². The highest BCUT2D eigenvalue weighted by atomic mass is 16.5. The molecule has 1 aromatic carbocycles. The Morgan fingerprint density at radius 1 is 1.28 bits per heavy atom. The summed E-state index contributed by atoms with van der Waals surface area (Å²) in [5.41, 5.74) is 0.0508. The van der Waals surface area contributed by atoms with Crippen molar-refractivity contribution in [2.45, 2.75) is 26.5 Å². The maximum atomic E-state index is 12.6. The summed E-state index contributed by atoms with van der Waals surface area (Å²) >= 11 is 0. The number of rotatable bonds is 7. The van der Waals surface area contributed by atoms with Gasteiger partial charge in [-0.25, -0.2) is 0 Å². The molecule has 1 heterocycles. The quantitative estimate of drug-likeness (QED) is 0.600. The molecule has 0 bridgehead atoms. The summed E-state index contributed by atoms with van der Waals surface area (Å²) in [5.74, 6) is 0.687. The van der Waals surface area contributed by atoms with Gasteiger partial charge in [0.15, 0.2) is 6.23 Å². The smallest absolute Gasteiger partial charge is 0.253 e. The summed E-state index contributed by atoms with van der Waals surface area (Å²) in [5, 5.41) is 3.05. The van der Waals surface area contributed by atoms with E-state index in [1.165, 1.54) is 0 Å². The Hall–Kier alpha value is -1.92. The average molecular weight is 347 g/mol. The minimum atomic E-state index is -0.608. The highest BCUT2D eigenvalue weighted by molar-refractivity contribution is 5.94. The van der Waals surface area contributed by atoms with Crippen LogP contribution in [0.5, 0.6) is 5.75 Å². The molecule has 2 rings (SSSR count). The molecule has 2 unspecified atom stereocenters. The maximum absolute atomic E-state index is 12.6. The lowest BCUT2D eigenvalue weighted by molar-refractivity contribution is -0.121. The number of benzene rings is 1. The van der Waals surface area contributed by atoms with Crippen molar-refractivity contribution in [3.8, 4) is 5.75 Å². The Kier molecular flexibility index (Phi) is 6.56. The van der Waals surface area contributed by atoms with Crippen LogP contribution in [0.3, 0.4) is 0 Å². The number of nitrogens with one attached hydrogen (secondary N) is 1. The second-order valence-electron chi connectivity index (χ2n) is 6.88. The number of carbonyl (C=O) groups excluding carboxylic acids is 2. The number of hydrogen-bond donors (Lipinski definition) is 1. The SMILES string of the molecule is CCC(C)(C=O)C(NC)Oc1ccc(C(=O)N2CCN(C)CC2)cc1. The van der Waals surface area contributed by atoms with Crippen LogP contribution < -0.4 is 10.1 Å². The fraction of sp³-hybridized carbons (Fsp3) is 0.579. The lowest BCUT2D eigenvalue weighted by Gasteiger charge is -2.33. The fourth-order valence-electron chi connectivity index (χ4n) is 2.86. The third-order valence-electron chi connectivity index (χ3n) is 5.04. The van der Waals surface area contributed by atoms with E-state index in [1.54, 1.807) is 31.3 Å². The van der Waals surface area contributed by atoms with Crippen LogP contribution in [0.2, 0.25) is 0 Å². The summed E-state index contributed by atoms with van der Waals surface area (Å²) in [6.45, 7) is 7.13. The van der Waals surface area contributed by atoms with Crippen LogP contribution >= 0.6 is 0 Å². The van der Waals surface area contributed by atoms with Crippen molar-refractivity contribution in [2.75, 3.05) is 40.3 Å². The number of hydrogen-bond acceptors (Lipinski definition) is 5. The molecule has 0 radical (unpaired) electrons. The molecule has 1 aliphatic rings. The number of likely N-dealkylation sites (N-methyl/N-ethyl adjacent to an activating group) is 1. The predicted octanol–water partition coefficient (Wildman–Crippen LogP) is 1.61. The summed E-state index contributed by atoms with van der Waals surface area (Å²) in [6.07, 6.45) is 1.18. The van der Waals surface area contributed by atoms with E-state index in [9.17, 15) is 9.59 Å². The first-order chi connectivity index (χ1) is 11.9. The second-order valence-corrected chi connectivity index (χ2v) is 6.88. The Morgan fingerprint density at radius 2 is 1.88 bits per heavy atom. The molecule has 1 aromatic rings. The molecule has 0 aliphatic carbocycles. The van der Waals surface area contributed by atoms with Crippen LogP contribution in [0.1, 0.15) is 30.6 Å². The van der Waals surface area contributed by atoms with E-state index in [2.05, 4.69) is 17.3 Å². The van der Waals surface area contributed by atoms with Crippen molar-refractivity contribution < 1.29 is 14.3 Å². The van der Waals surface area contributed by atoms with Crippen molar-refractivity contribution in [1.82, 2.24) is 15.1 Å². The van der Waals surface area contributed by atoms with Crippen LogP contribution in [0, 0.1) is 5.41 Å². The molecule has 1 saturated heterocycles. The van der Waals surface area contributed by atoms with Gasteiger partial charge in [0.1, 0.15) is 12.0 Å². The first-order valence-electron chi connectivity index (χ1n) is 8.81. The van der Waals surface area contributed by atoms with E-state index in [0.717, 1.165) is 32.5 Å². The molecule has 1 fully saturated rings. The Morgan fingerprint density at radius 3 is 2.36 bits per heavy atom. The predicted molar refractivity (Wildman–Crippen MR) is 97.8 cm³/mol. The highest BCUT2D eigenvalue weighted by Crippen LogP contribution is 2.26. The van der Waals surface area contributed by atoms with Crippen molar-refractivity contribution in [3.63, 3.8) is 0 Å². The van der Waals surface area contributed by atoms with Gasteiger partial charge >= 0.3 is 0 Å². The number of carbonyl (C=O) groups is 2. The second kappa shape index (κ2) is 8.45. The van der Waals surface area contributed by atoms with E-state index < -0.39 is 11.6 Å². The summed E-state index contributed by atoms with van der Waals surface area (Å²) in [4.78, 5) is 28.1. The molecular formula is C19H29N3O3. The normalized spacial score (nSPS) is 19.1. The minimum absolute atomic E-state index is 0.0519. The summed E-state index contributed by atoms with van der Waals surface area (Å²) in [7, 11) is 3.84. The van der Waals surface area contributed by atoms with Gasteiger partial charge in [-0.2, -0.15) is 0 Å². The van der Waals surface area contributed by atoms with Crippen LogP contribution in [0.15, 0.2) is 24.3 Å². The van der Waals surface area contributed by atoms with Gasteiger partial charge in [-0.1, -0.05) is 6.92 Å². The Balaban J connectivity index is 2.04. The van der Waals surface area contributed by atoms with Gasteiger partial charge < -0.3 is 19.3 Å². The number of nitrogens with zero attached hydrogens (tertiary/aromatic N) is 2. The third-order valence-corrected chi connectivity index (χ3v) is 5.04. The molecule has 0 spiro atoms. The van der Waals surface area contributed by atoms with Crippen molar-refractivity contribution >= 4 is 12.2 Å². The molecule has 6 nitrogen and oxygen atoms in total. The van der Waals surface area contributed by atoms with E-state index in [-0.39, 0.29) is 5.91 Å². The van der Waals surface area contributed by atoms with Gasteiger partial charge in [0.25, 0.3) is 5.91 Å². The molecule has 25 heavy (non-hydrogen) atoms. The number of aldehydes is 1. The molecule has 6 heteroatoms. The molecule has 2 atom stereocenters. The van der Waals surface area contributed by atoms with Gasteiger partial charge in [0.2, 0.25) is 0 Å². The van der Waals surface area contributed by atoms with Gasteiger partial charge in [-0.3, -0.25) is 10.1 Å². The molecule has 1 N–H and O–H groups in total. The minimum Gasteiger partial charge on any atom is -0.474 e. The van der Waals surface area contributed by atoms with E-state index in [4.69, 9.17) is 4.74 Å². The average Bonchev–Trinajstić information content (AvgIpc) is 2.66. The zero-order chi connectivity index (χ0) is 18.4. The molecule has 0 saturated carbocycles. The number of ether oxygens (including phenoxy) is 1. The topological polar surface area (TPSA) is 61.9 Å². The molecule has 1 aliphatic heterocycles. The van der Waals surface area contributed by atoms with Gasteiger partial charge in [-0.05, 0) is 51.7 Å². The fourth-order valence-corrected chi connectivity index (χ4v) is 2.86. The largest absolute Gasteiger partial charge is 0.474 e. The van der Waals surface area contributed by atoms with Crippen molar-refractivity contribution in [1.29, 1.82) is 0 Å². The van der Waals surface area contributed by atoms with Crippen LogP contribution in [-0.2, 0) is 4.79 Å². The van der Waals surface area contributed by atoms with Gasteiger partial charge in [-0.15, -0.1) is 0 Å². The Bertz CT molecular complexity index is 582. The van der Waals surface area contributed by atoms with Crippen LogP contribution in [-0.4, -0.2) is 68.5 Å². The maximum Gasteiger partial charge on any atom is 0.253 e. The zero-order valence-electron chi connectivity index (χ0n) is 15.6. The van der Waals surface area contributed by atoms with E-state index in [1.807, 2.05) is 18.7 Å². The summed E-state index contributed by atoms with van der Waals surface area (Å²) < 4.78 is 5.93.